The molecule has 4 N–H and O–H groups in total. The summed E-state index contributed by atoms with van der Waals surface area (Å²) in [6.45, 7) is 0. The van der Waals surface area contributed by atoms with Gasteiger partial charge < -0.3 is 20.1 Å². The lowest BCUT2D eigenvalue weighted by Gasteiger charge is -1.96. The van der Waals surface area contributed by atoms with E-state index in [2.05, 4.69) is 9.97 Å². The summed E-state index contributed by atoms with van der Waals surface area (Å²) in [7, 11) is 0. The van der Waals surface area contributed by atoms with Gasteiger partial charge in [-0.25, -0.2) is 4.79 Å². The molecule has 0 unspecified atom stereocenters. The van der Waals surface area contributed by atoms with E-state index in [1.165, 1.54) is 0 Å². The van der Waals surface area contributed by atoms with Crippen LogP contribution in [0, 0.1) is 11.3 Å². The van der Waals surface area contributed by atoms with Gasteiger partial charge in [0.25, 0.3) is 0 Å². The number of aromatic nitrogens is 2. The van der Waals surface area contributed by atoms with Gasteiger partial charge in [-0.15, -0.1) is 0 Å². The fourth-order valence-corrected chi connectivity index (χ4v) is 1.82. The fourth-order valence-electron chi connectivity index (χ4n) is 1.82. The standard InChI is InChI=1S/C12H8N4O2/c13-5-7-4-10(18-11(7)14)6-1-2-8-9(3-6)16-12(17)15-8/h1-4H,14H2,(H2,15,16,17). The molecule has 0 aliphatic carbocycles. The molecule has 0 saturated heterocycles. The molecule has 3 aromatic rings. The number of furan rings is 1. The highest BCUT2D eigenvalue weighted by Crippen LogP contribution is 2.28. The van der Waals surface area contributed by atoms with Crippen molar-refractivity contribution in [3.63, 3.8) is 0 Å². The number of anilines is 1. The van der Waals surface area contributed by atoms with E-state index in [4.69, 9.17) is 15.4 Å². The molecular weight excluding hydrogens is 232 g/mol. The van der Waals surface area contributed by atoms with Crippen molar-refractivity contribution < 1.29 is 4.42 Å². The van der Waals surface area contributed by atoms with E-state index in [-0.39, 0.29) is 11.6 Å². The molecule has 0 aliphatic rings. The maximum atomic E-state index is 11.1. The molecule has 0 saturated carbocycles. The minimum Gasteiger partial charge on any atom is -0.440 e. The van der Waals surface area contributed by atoms with E-state index in [0.717, 1.165) is 5.56 Å². The molecule has 6 nitrogen and oxygen atoms in total. The Morgan fingerprint density at radius 2 is 2.00 bits per heavy atom. The summed E-state index contributed by atoms with van der Waals surface area (Å²) < 4.78 is 5.30. The first-order valence-corrected chi connectivity index (χ1v) is 5.19. The van der Waals surface area contributed by atoms with Gasteiger partial charge in [-0.2, -0.15) is 5.26 Å². The molecule has 0 spiro atoms. The summed E-state index contributed by atoms with van der Waals surface area (Å²) in [5.74, 6) is 0.586. The third-order valence-electron chi connectivity index (χ3n) is 2.68. The normalized spacial score (nSPS) is 10.6. The Bertz CT molecular complexity index is 832. The second kappa shape index (κ2) is 3.53. The lowest BCUT2D eigenvalue weighted by molar-refractivity contribution is 0.602. The number of imidazole rings is 1. The van der Waals surface area contributed by atoms with Gasteiger partial charge in [0.2, 0.25) is 5.88 Å². The Balaban J connectivity index is 2.18. The minimum atomic E-state index is -0.265. The van der Waals surface area contributed by atoms with Gasteiger partial charge in [-0.3, -0.25) is 0 Å². The first-order valence-electron chi connectivity index (χ1n) is 5.19. The van der Waals surface area contributed by atoms with Gasteiger partial charge in [0.1, 0.15) is 17.4 Å². The summed E-state index contributed by atoms with van der Waals surface area (Å²) in [6, 6.07) is 8.81. The van der Waals surface area contributed by atoms with Crippen LogP contribution in [0.2, 0.25) is 0 Å². The quantitative estimate of drug-likeness (QED) is 0.599. The predicted octanol–water partition coefficient (Wildman–Crippen LogP) is 1.57. The lowest BCUT2D eigenvalue weighted by atomic mass is 10.1. The summed E-state index contributed by atoms with van der Waals surface area (Å²) in [5.41, 5.74) is 7.71. The van der Waals surface area contributed by atoms with E-state index in [0.29, 0.717) is 22.4 Å². The number of hydrogen-bond acceptors (Lipinski definition) is 4. The summed E-state index contributed by atoms with van der Waals surface area (Å²) in [4.78, 5) is 16.4. The highest BCUT2D eigenvalue weighted by Gasteiger charge is 2.10. The molecule has 3 rings (SSSR count). The van der Waals surface area contributed by atoms with E-state index in [1.807, 2.05) is 6.07 Å². The average molecular weight is 240 g/mol. The van der Waals surface area contributed by atoms with Gasteiger partial charge in [0, 0.05) is 11.6 Å². The number of benzene rings is 1. The van der Waals surface area contributed by atoms with Crippen molar-refractivity contribution in [1.82, 2.24) is 9.97 Å². The number of nitrogens with two attached hydrogens (primary N) is 1. The highest BCUT2D eigenvalue weighted by molar-refractivity contribution is 5.80. The number of aromatic amines is 2. The van der Waals surface area contributed by atoms with Crippen LogP contribution in [0.15, 0.2) is 33.5 Å². The van der Waals surface area contributed by atoms with Crippen LogP contribution in [0.4, 0.5) is 5.88 Å². The number of rotatable bonds is 1. The smallest absolute Gasteiger partial charge is 0.323 e. The Morgan fingerprint density at radius 1 is 1.22 bits per heavy atom. The van der Waals surface area contributed by atoms with Crippen LogP contribution in [-0.2, 0) is 0 Å². The third kappa shape index (κ3) is 1.46. The fraction of sp³-hybridized carbons (Fsp3) is 0. The van der Waals surface area contributed by atoms with Gasteiger partial charge >= 0.3 is 5.69 Å². The zero-order valence-electron chi connectivity index (χ0n) is 9.15. The van der Waals surface area contributed by atoms with Crippen molar-refractivity contribution >= 4 is 16.9 Å². The first kappa shape index (κ1) is 10.2. The molecule has 0 amide bonds. The van der Waals surface area contributed by atoms with Gasteiger partial charge in [0.05, 0.1) is 11.0 Å². The minimum absolute atomic E-state index is 0.0927. The second-order valence-corrected chi connectivity index (χ2v) is 3.84. The second-order valence-electron chi connectivity index (χ2n) is 3.84. The molecular formula is C12H8N4O2. The van der Waals surface area contributed by atoms with Crippen molar-refractivity contribution in [2.45, 2.75) is 0 Å². The number of nitrogens with one attached hydrogen (secondary N) is 2. The van der Waals surface area contributed by atoms with Crippen LogP contribution in [-0.4, -0.2) is 9.97 Å². The molecule has 2 aromatic heterocycles. The van der Waals surface area contributed by atoms with Gasteiger partial charge in [-0.1, -0.05) is 0 Å². The molecule has 0 radical (unpaired) electrons. The SMILES string of the molecule is N#Cc1cc(-c2ccc3[nH]c(=O)[nH]c3c2)oc1N. The summed E-state index contributed by atoms with van der Waals surface area (Å²) in [5, 5.41) is 8.81. The molecule has 0 fully saturated rings. The largest absolute Gasteiger partial charge is 0.440 e. The maximum absolute atomic E-state index is 11.1. The summed E-state index contributed by atoms with van der Waals surface area (Å²) >= 11 is 0. The third-order valence-corrected chi connectivity index (χ3v) is 2.68. The molecule has 0 bridgehead atoms. The number of nitrogens with zero attached hydrogens (tertiary/aromatic N) is 1. The van der Waals surface area contributed by atoms with Crippen molar-refractivity contribution in [2.24, 2.45) is 0 Å². The van der Waals surface area contributed by atoms with Crippen LogP contribution >= 0.6 is 0 Å². The monoisotopic (exact) mass is 240 g/mol. The van der Waals surface area contributed by atoms with Crippen molar-refractivity contribution in [3.8, 4) is 17.4 Å². The van der Waals surface area contributed by atoms with Crippen LogP contribution in [0.3, 0.4) is 0 Å². The molecule has 2 heterocycles. The van der Waals surface area contributed by atoms with E-state index >= 15 is 0 Å². The Labute approximate surface area is 101 Å². The van der Waals surface area contributed by atoms with Crippen LogP contribution in [0.25, 0.3) is 22.4 Å². The van der Waals surface area contributed by atoms with Crippen LogP contribution in [0.1, 0.15) is 5.56 Å². The van der Waals surface area contributed by atoms with Crippen LogP contribution < -0.4 is 11.4 Å². The van der Waals surface area contributed by atoms with Crippen molar-refractivity contribution in [2.75, 3.05) is 5.73 Å². The Morgan fingerprint density at radius 3 is 2.72 bits per heavy atom. The van der Waals surface area contributed by atoms with E-state index < -0.39 is 0 Å². The Hall–Kier alpha value is -2.94. The van der Waals surface area contributed by atoms with E-state index in [9.17, 15) is 4.79 Å². The predicted molar refractivity (Wildman–Crippen MR) is 65.7 cm³/mol. The number of fused-ring (bicyclic) bond motifs is 1. The Kier molecular flexibility index (Phi) is 2.01. The maximum Gasteiger partial charge on any atom is 0.323 e. The zero-order chi connectivity index (χ0) is 12.7. The molecule has 18 heavy (non-hydrogen) atoms. The molecule has 0 aliphatic heterocycles. The molecule has 0 atom stereocenters. The van der Waals surface area contributed by atoms with Crippen molar-refractivity contribution in [3.05, 3.63) is 40.3 Å². The number of H-pyrrole nitrogens is 2. The van der Waals surface area contributed by atoms with Gasteiger partial charge in [-0.05, 0) is 18.2 Å². The van der Waals surface area contributed by atoms with Gasteiger partial charge in [0.15, 0.2) is 0 Å². The molecule has 6 heteroatoms. The van der Waals surface area contributed by atoms with E-state index in [1.54, 1.807) is 24.3 Å². The zero-order valence-corrected chi connectivity index (χ0v) is 9.15. The lowest BCUT2D eigenvalue weighted by Crippen LogP contribution is -1.99. The number of hydrogen-bond donors (Lipinski definition) is 3. The average Bonchev–Trinajstić information content (AvgIpc) is 2.89. The molecule has 1 aromatic carbocycles. The highest BCUT2D eigenvalue weighted by atomic mass is 16.4. The van der Waals surface area contributed by atoms with Crippen molar-refractivity contribution in [1.29, 1.82) is 5.26 Å². The molecule has 88 valence electrons. The van der Waals surface area contributed by atoms with Crippen LogP contribution in [0.5, 0.6) is 0 Å². The topological polar surface area (TPSA) is 112 Å². The first-order chi connectivity index (χ1) is 8.67. The number of nitriles is 1. The number of nitrogen functional groups attached to an aromatic ring is 1. The summed E-state index contributed by atoms with van der Waals surface area (Å²) in [6.07, 6.45) is 0.